The third kappa shape index (κ3) is 3.96. The van der Waals surface area contributed by atoms with Crippen LogP contribution in [-0.4, -0.2) is 17.6 Å². The summed E-state index contributed by atoms with van der Waals surface area (Å²) in [4.78, 5) is 35.7. The Kier molecular flexibility index (Phi) is 5.13. The highest BCUT2D eigenvalue weighted by Crippen LogP contribution is 2.23. The number of anilines is 2. The number of carbonyl (C=O) groups is 3. The number of hydrogen-bond donors (Lipinski definition) is 2. The van der Waals surface area contributed by atoms with Gasteiger partial charge in [0.15, 0.2) is 0 Å². The van der Waals surface area contributed by atoms with Crippen LogP contribution in [0.25, 0.3) is 0 Å². The Bertz CT molecular complexity index is 787. The van der Waals surface area contributed by atoms with Crippen LogP contribution in [0.4, 0.5) is 11.4 Å². The van der Waals surface area contributed by atoms with Crippen LogP contribution < -0.4 is 10.6 Å². The van der Waals surface area contributed by atoms with Crippen molar-refractivity contribution in [3.8, 4) is 0 Å². The number of halogens is 1. The quantitative estimate of drug-likeness (QED) is 0.666. The van der Waals surface area contributed by atoms with Crippen molar-refractivity contribution in [3.63, 3.8) is 0 Å². The first-order chi connectivity index (χ1) is 10.9. The van der Waals surface area contributed by atoms with Gasteiger partial charge in [-0.3, -0.25) is 14.4 Å². The van der Waals surface area contributed by atoms with E-state index >= 15 is 0 Å². The van der Waals surface area contributed by atoms with Crippen LogP contribution in [0.15, 0.2) is 42.5 Å². The zero-order valence-corrected chi connectivity index (χ0v) is 13.4. The van der Waals surface area contributed by atoms with E-state index in [0.717, 1.165) is 0 Å². The van der Waals surface area contributed by atoms with Crippen molar-refractivity contribution in [2.24, 2.45) is 0 Å². The molecule has 0 heterocycles. The summed E-state index contributed by atoms with van der Waals surface area (Å²) in [5.74, 6) is -1.86. The van der Waals surface area contributed by atoms with Crippen LogP contribution in [0.1, 0.15) is 22.8 Å². The van der Waals surface area contributed by atoms with Gasteiger partial charge >= 0.3 is 0 Å². The maximum Gasteiger partial charge on any atom is 0.296 e. The fraction of sp³-hybridized carbons (Fsp3) is 0.118. The summed E-state index contributed by atoms with van der Waals surface area (Å²) in [6.45, 7) is 3.07. The number of hydrogen-bond acceptors (Lipinski definition) is 3. The topological polar surface area (TPSA) is 75.3 Å². The summed E-state index contributed by atoms with van der Waals surface area (Å²) in [5, 5.41) is 5.57. The molecule has 0 bridgehead atoms. The molecule has 2 aromatic carbocycles. The van der Waals surface area contributed by atoms with Crippen LogP contribution in [-0.2, 0) is 9.59 Å². The van der Waals surface area contributed by atoms with E-state index in [-0.39, 0.29) is 11.5 Å². The normalized spacial score (nSPS) is 10.0. The molecule has 23 heavy (non-hydrogen) atoms. The summed E-state index contributed by atoms with van der Waals surface area (Å²) in [6.07, 6.45) is 0. The SMILES string of the molecule is CC(=O)Nc1ccccc1C(=O)C(=O)Nc1cccc(Cl)c1C. The number of carbonyl (C=O) groups excluding carboxylic acids is 3. The van der Waals surface area contributed by atoms with E-state index in [2.05, 4.69) is 10.6 Å². The minimum Gasteiger partial charge on any atom is -0.326 e. The maximum absolute atomic E-state index is 12.4. The lowest BCUT2D eigenvalue weighted by Gasteiger charge is -2.11. The molecular weight excluding hydrogens is 316 g/mol. The first kappa shape index (κ1) is 16.7. The molecular formula is C17H15ClN2O3. The number of rotatable bonds is 4. The maximum atomic E-state index is 12.4. The molecule has 0 radical (unpaired) electrons. The largest absolute Gasteiger partial charge is 0.326 e. The number of para-hydroxylation sites is 1. The highest BCUT2D eigenvalue weighted by molar-refractivity contribution is 6.47. The van der Waals surface area contributed by atoms with Gasteiger partial charge in [0.1, 0.15) is 0 Å². The lowest BCUT2D eigenvalue weighted by atomic mass is 10.1. The smallest absolute Gasteiger partial charge is 0.296 e. The Hall–Kier alpha value is -2.66. The van der Waals surface area contributed by atoms with Gasteiger partial charge < -0.3 is 10.6 Å². The number of amides is 2. The third-order valence-electron chi connectivity index (χ3n) is 3.20. The highest BCUT2D eigenvalue weighted by Gasteiger charge is 2.20. The molecule has 0 atom stereocenters. The molecule has 0 unspecified atom stereocenters. The van der Waals surface area contributed by atoms with E-state index < -0.39 is 11.7 Å². The average molecular weight is 331 g/mol. The van der Waals surface area contributed by atoms with Gasteiger partial charge in [-0.1, -0.05) is 29.8 Å². The first-order valence-electron chi connectivity index (χ1n) is 6.87. The van der Waals surface area contributed by atoms with Crippen molar-refractivity contribution in [2.45, 2.75) is 13.8 Å². The van der Waals surface area contributed by atoms with Crippen molar-refractivity contribution >= 4 is 40.6 Å². The first-order valence-corrected chi connectivity index (χ1v) is 7.25. The Labute approximate surface area is 138 Å². The Morgan fingerprint density at radius 2 is 1.57 bits per heavy atom. The molecule has 2 aromatic rings. The van der Waals surface area contributed by atoms with Gasteiger partial charge in [0.25, 0.3) is 11.7 Å². The second-order valence-electron chi connectivity index (χ2n) is 4.92. The molecule has 0 spiro atoms. The predicted octanol–water partition coefficient (Wildman–Crippen LogP) is 3.43. The molecule has 6 heteroatoms. The summed E-state index contributed by atoms with van der Waals surface area (Å²) in [5.41, 5.74) is 1.56. The van der Waals surface area contributed by atoms with Crippen molar-refractivity contribution in [2.75, 3.05) is 10.6 Å². The molecule has 118 valence electrons. The minimum atomic E-state index is -0.798. The molecule has 0 fully saturated rings. The van der Waals surface area contributed by atoms with Gasteiger partial charge in [-0.05, 0) is 36.8 Å². The lowest BCUT2D eigenvalue weighted by Crippen LogP contribution is -2.24. The second-order valence-corrected chi connectivity index (χ2v) is 5.33. The molecule has 0 saturated carbocycles. The van der Waals surface area contributed by atoms with E-state index in [1.165, 1.54) is 13.0 Å². The highest BCUT2D eigenvalue weighted by atomic mass is 35.5. The molecule has 0 aliphatic heterocycles. The third-order valence-corrected chi connectivity index (χ3v) is 3.61. The lowest BCUT2D eigenvalue weighted by molar-refractivity contribution is -0.114. The molecule has 2 rings (SSSR count). The van der Waals surface area contributed by atoms with Gasteiger partial charge in [0, 0.05) is 17.6 Å². The van der Waals surface area contributed by atoms with Crippen molar-refractivity contribution in [3.05, 3.63) is 58.6 Å². The van der Waals surface area contributed by atoms with Gasteiger partial charge in [-0.15, -0.1) is 0 Å². The molecule has 0 aromatic heterocycles. The number of Topliss-reactive ketones (excluding diaryl/α,β-unsaturated/α-hetero) is 1. The monoisotopic (exact) mass is 330 g/mol. The summed E-state index contributed by atoms with van der Waals surface area (Å²) in [7, 11) is 0. The second kappa shape index (κ2) is 7.07. The van der Waals surface area contributed by atoms with Crippen molar-refractivity contribution in [1.82, 2.24) is 0 Å². The number of ketones is 1. The molecule has 2 N–H and O–H groups in total. The van der Waals surface area contributed by atoms with E-state index in [0.29, 0.717) is 22.0 Å². The van der Waals surface area contributed by atoms with E-state index in [9.17, 15) is 14.4 Å². The van der Waals surface area contributed by atoms with E-state index in [1.807, 2.05) is 0 Å². The zero-order chi connectivity index (χ0) is 17.0. The molecule has 2 amide bonds. The van der Waals surface area contributed by atoms with Crippen LogP contribution >= 0.6 is 11.6 Å². The molecule has 5 nitrogen and oxygen atoms in total. The Morgan fingerprint density at radius 1 is 0.913 bits per heavy atom. The fourth-order valence-electron chi connectivity index (χ4n) is 2.02. The average Bonchev–Trinajstić information content (AvgIpc) is 2.51. The summed E-state index contributed by atoms with van der Waals surface area (Å²) in [6, 6.07) is 11.4. The van der Waals surface area contributed by atoms with E-state index in [1.54, 1.807) is 43.3 Å². The number of benzene rings is 2. The van der Waals surface area contributed by atoms with Crippen LogP contribution in [0.5, 0.6) is 0 Å². The summed E-state index contributed by atoms with van der Waals surface area (Å²) < 4.78 is 0. The Morgan fingerprint density at radius 3 is 2.26 bits per heavy atom. The van der Waals surface area contributed by atoms with Gasteiger partial charge in [-0.2, -0.15) is 0 Å². The standard InChI is InChI=1S/C17H15ClN2O3/c1-10-13(18)7-5-9-14(10)20-17(23)16(22)12-6-3-4-8-15(12)19-11(2)21/h3-9H,1-2H3,(H,19,21)(H,20,23). The summed E-state index contributed by atoms with van der Waals surface area (Å²) >= 11 is 5.99. The molecule has 0 saturated heterocycles. The van der Waals surface area contributed by atoms with E-state index in [4.69, 9.17) is 11.6 Å². The zero-order valence-electron chi connectivity index (χ0n) is 12.6. The number of nitrogens with one attached hydrogen (secondary N) is 2. The van der Waals surface area contributed by atoms with Crippen molar-refractivity contribution < 1.29 is 14.4 Å². The predicted molar refractivity (Wildman–Crippen MR) is 89.9 cm³/mol. The molecule has 0 aliphatic carbocycles. The van der Waals surface area contributed by atoms with Crippen LogP contribution in [0, 0.1) is 6.92 Å². The van der Waals surface area contributed by atoms with Crippen molar-refractivity contribution in [1.29, 1.82) is 0 Å². The van der Waals surface area contributed by atoms with Crippen LogP contribution in [0.2, 0.25) is 5.02 Å². The molecule has 0 aliphatic rings. The Balaban J connectivity index is 2.25. The van der Waals surface area contributed by atoms with Gasteiger partial charge in [0.2, 0.25) is 5.91 Å². The van der Waals surface area contributed by atoms with Crippen LogP contribution in [0.3, 0.4) is 0 Å². The van der Waals surface area contributed by atoms with Gasteiger partial charge in [-0.25, -0.2) is 0 Å². The fourth-order valence-corrected chi connectivity index (χ4v) is 2.20. The van der Waals surface area contributed by atoms with Gasteiger partial charge in [0.05, 0.1) is 11.3 Å². The minimum absolute atomic E-state index is 0.125.